The van der Waals surface area contributed by atoms with E-state index >= 15 is 0 Å². The first-order valence-electron chi connectivity index (χ1n) is 6.85. The van der Waals surface area contributed by atoms with Gasteiger partial charge in [0.1, 0.15) is 11.5 Å². The van der Waals surface area contributed by atoms with E-state index in [1.807, 2.05) is 0 Å². The molecule has 2 rings (SSSR count). The van der Waals surface area contributed by atoms with E-state index in [0.717, 1.165) is 17.9 Å². The van der Waals surface area contributed by atoms with Crippen molar-refractivity contribution in [2.75, 3.05) is 18.1 Å². The average molecular weight is 417 g/mol. The van der Waals surface area contributed by atoms with Crippen LogP contribution in [-0.4, -0.2) is 26.1 Å². The number of hydrogen-bond acceptors (Lipinski definition) is 5. The first-order valence-corrected chi connectivity index (χ1v) is 9.53. The van der Waals surface area contributed by atoms with Gasteiger partial charge in [0.15, 0.2) is 9.84 Å². The molecule has 0 aliphatic rings. The van der Waals surface area contributed by atoms with Gasteiger partial charge in [-0.25, -0.2) is 12.8 Å². The summed E-state index contributed by atoms with van der Waals surface area (Å²) in [5, 5.41) is 14.0. The smallest absolute Gasteiger partial charge is 0.293 e. The van der Waals surface area contributed by atoms with Gasteiger partial charge in [0.25, 0.3) is 5.69 Å². The Morgan fingerprint density at radius 1 is 1.25 bits per heavy atom. The molecule has 0 radical (unpaired) electrons. The van der Waals surface area contributed by atoms with Crippen LogP contribution in [0.15, 0.2) is 45.8 Å². The van der Waals surface area contributed by atoms with Crippen LogP contribution in [0, 0.1) is 15.9 Å². The second-order valence-corrected chi connectivity index (χ2v) is 8.00. The number of halogens is 2. The lowest BCUT2D eigenvalue weighted by molar-refractivity contribution is -0.384. The van der Waals surface area contributed by atoms with Gasteiger partial charge in [-0.1, -0.05) is 6.07 Å². The molecule has 0 aliphatic carbocycles. The SMILES string of the molecule is CS(=O)(=O)c1ccc(NCCc2ccc(F)c(Br)c2)c([N+](=O)[O-])c1. The highest BCUT2D eigenvalue weighted by Crippen LogP contribution is 2.27. The first-order chi connectivity index (χ1) is 11.2. The summed E-state index contributed by atoms with van der Waals surface area (Å²) in [6.45, 7) is 0.372. The zero-order valence-corrected chi connectivity index (χ0v) is 15.0. The molecule has 6 nitrogen and oxygen atoms in total. The van der Waals surface area contributed by atoms with E-state index in [0.29, 0.717) is 17.4 Å². The maximum atomic E-state index is 13.2. The predicted octanol–water partition coefficient (Wildman–Crippen LogP) is 3.55. The molecule has 0 unspecified atom stereocenters. The Kier molecular flexibility index (Phi) is 5.55. The van der Waals surface area contributed by atoms with E-state index in [2.05, 4.69) is 21.2 Å². The van der Waals surface area contributed by atoms with Crippen LogP contribution in [0.2, 0.25) is 0 Å². The Morgan fingerprint density at radius 3 is 2.54 bits per heavy atom. The van der Waals surface area contributed by atoms with Crippen molar-refractivity contribution in [3.8, 4) is 0 Å². The van der Waals surface area contributed by atoms with Crippen LogP contribution < -0.4 is 5.32 Å². The molecule has 0 saturated carbocycles. The summed E-state index contributed by atoms with van der Waals surface area (Å²) in [5.41, 5.74) is 0.776. The number of hydrogen-bond donors (Lipinski definition) is 1. The Labute approximate surface area is 146 Å². The molecule has 2 aromatic carbocycles. The Morgan fingerprint density at radius 2 is 1.96 bits per heavy atom. The van der Waals surface area contributed by atoms with E-state index in [4.69, 9.17) is 0 Å². The maximum absolute atomic E-state index is 13.2. The number of sulfone groups is 1. The molecular formula is C15H14BrFN2O4S. The maximum Gasteiger partial charge on any atom is 0.293 e. The van der Waals surface area contributed by atoms with Gasteiger partial charge < -0.3 is 5.32 Å². The number of anilines is 1. The molecule has 0 aliphatic heterocycles. The molecule has 1 N–H and O–H groups in total. The van der Waals surface area contributed by atoms with Gasteiger partial charge in [-0.3, -0.25) is 10.1 Å². The van der Waals surface area contributed by atoms with Gasteiger partial charge >= 0.3 is 0 Å². The number of rotatable bonds is 6. The van der Waals surface area contributed by atoms with Gasteiger partial charge in [-0.15, -0.1) is 0 Å². The zero-order chi connectivity index (χ0) is 17.9. The lowest BCUT2D eigenvalue weighted by Gasteiger charge is -2.09. The number of nitro groups is 1. The first kappa shape index (κ1) is 18.3. The highest BCUT2D eigenvalue weighted by molar-refractivity contribution is 9.10. The van der Waals surface area contributed by atoms with Crippen molar-refractivity contribution >= 4 is 37.1 Å². The highest BCUT2D eigenvalue weighted by atomic mass is 79.9. The highest BCUT2D eigenvalue weighted by Gasteiger charge is 2.18. The number of nitrogens with one attached hydrogen (secondary N) is 1. The third-order valence-electron chi connectivity index (χ3n) is 3.31. The molecule has 0 spiro atoms. The summed E-state index contributed by atoms with van der Waals surface area (Å²) in [5.74, 6) is -0.362. The fourth-order valence-corrected chi connectivity index (χ4v) is 3.15. The summed E-state index contributed by atoms with van der Waals surface area (Å²) >= 11 is 3.10. The van der Waals surface area contributed by atoms with Crippen LogP contribution in [0.5, 0.6) is 0 Å². The van der Waals surface area contributed by atoms with E-state index in [9.17, 15) is 22.9 Å². The molecule has 0 bridgehead atoms. The third-order valence-corrected chi connectivity index (χ3v) is 5.03. The molecule has 0 aromatic heterocycles. The van der Waals surface area contributed by atoms with E-state index < -0.39 is 14.8 Å². The zero-order valence-electron chi connectivity index (χ0n) is 12.6. The molecule has 0 atom stereocenters. The number of benzene rings is 2. The minimum absolute atomic E-state index is 0.109. The van der Waals surface area contributed by atoms with Gasteiger partial charge in [0.2, 0.25) is 0 Å². The average Bonchev–Trinajstić information content (AvgIpc) is 2.50. The van der Waals surface area contributed by atoms with E-state index in [1.54, 1.807) is 12.1 Å². The molecule has 0 heterocycles. The minimum Gasteiger partial charge on any atom is -0.379 e. The summed E-state index contributed by atoms with van der Waals surface area (Å²) < 4.78 is 36.5. The lowest BCUT2D eigenvalue weighted by Crippen LogP contribution is -2.08. The Balaban J connectivity index is 2.14. The van der Waals surface area contributed by atoms with Crippen molar-refractivity contribution in [3.05, 3.63) is 62.4 Å². The standard InChI is InChI=1S/C15H14BrFN2O4S/c1-24(22,23)11-3-5-14(15(9-11)19(20)21)18-7-6-10-2-4-13(17)12(16)8-10/h2-5,8-9,18H,6-7H2,1H3. The van der Waals surface area contributed by atoms with Gasteiger partial charge in [0.05, 0.1) is 14.3 Å². The molecule has 128 valence electrons. The second kappa shape index (κ2) is 7.27. The van der Waals surface area contributed by atoms with Crippen molar-refractivity contribution in [2.24, 2.45) is 0 Å². The van der Waals surface area contributed by atoms with Crippen molar-refractivity contribution in [2.45, 2.75) is 11.3 Å². The van der Waals surface area contributed by atoms with Crippen LogP contribution in [0.4, 0.5) is 15.8 Å². The fourth-order valence-electron chi connectivity index (χ4n) is 2.08. The minimum atomic E-state index is -3.52. The molecular weight excluding hydrogens is 403 g/mol. The molecule has 0 amide bonds. The Hall–Kier alpha value is -2.00. The van der Waals surface area contributed by atoms with Crippen molar-refractivity contribution in [1.29, 1.82) is 0 Å². The molecule has 24 heavy (non-hydrogen) atoms. The van der Waals surface area contributed by atoms with Gasteiger partial charge in [0, 0.05) is 18.9 Å². The van der Waals surface area contributed by atoms with E-state index in [-0.39, 0.29) is 22.1 Å². The predicted molar refractivity (Wildman–Crippen MR) is 92.5 cm³/mol. The van der Waals surface area contributed by atoms with Crippen LogP contribution in [0.3, 0.4) is 0 Å². The summed E-state index contributed by atoms with van der Waals surface area (Å²) in [6.07, 6.45) is 1.51. The molecule has 0 fully saturated rings. The lowest BCUT2D eigenvalue weighted by atomic mass is 10.1. The van der Waals surface area contributed by atoms with E-state index in [1.165, 1.54) is 18.2 Å². The summed E-state index contributed by atoms with van der Waals surface area (Å²) in [6, 6.07) is 8.32. The monoisotopic (exact) mass is 416 g/mol. The van der Waals surface area contributed by atoms with Crippen LogP contribution >= 0.6 is 15.9 Å². The number of nitro benzene ring substituents is 1. The topological polar surface area (TPSA) is 89.3 Å². The van der Waals surface area contributed by atoms with Crippen LogP contribution in [0.25, 0.3) is 0 Å². The largest absolute Gasteiger partial charge is 0.379 e. The Bertz CT molecular complexity index is 887. The van der Waals surface area contributed by atoms with Gasteiger partial charge in [-0.05, 0) is 52.2 Å². The fraction of sp³-hybridized carbons (Fsp3) is 0.200. The van der Waals surface area contributed by atoms with Crippen LogP contribution in [-0.2, 0) is 16.3 Å². The van der Waals surface area contributed by atoms with Crippen molar-refractivity contribution in [1.82, 2.24) is 0 Å². The molecule has 2 aromatic rings. The third kappa shape index (κ3) is 4.51. The summed E-state index contributed by atoms with van der Waals surface area (Å²) in [4.78, 5) is 10.4. The normalized spacial score (nSPS) is 11.3. The molecule has 0 saturated heterocycles. The van der Waals surface area contributed by atoms with Crippen molar-refractivity contribution < 1.29 is 17.7 Å². The number of nitrogens with zero attached hydrogens (tertiary/aromatic N) is 1. The van der Waals surface area contributed by atoms with Crippen LogP contribution in [0.1, 0.15) is 5.56 Å². The van der Waals surface area contributed by atoms with Crippen molar-refractivity contribution in [3.63, 3.8) is 0 Å². The second-order valence-electron chi connectivity index (χ2n) is 5.13. The van der Waals surface area contributed by atoms with Gasteiger partial charge in [-0.2, -0.15) is 0 Å². The molecule has 9 heteroatoms. The summed E-state index contributed by atoms with van der Waals surface area (Å²) in [7, 11) is -3.52. The quantitative estimate of drug-likeness (QED) is 0.574.